The zero-order chi connectivity index (χ0) is 8.27. The van der Waals surface area contributed by atoms with E-state index < -0.39 is 0 Å². The molecule has 0 aromatic rings. The highest BCUT2D eigenvalue weighted by Gasteiger charge is 2.11. The summed E-state index contributed by atoms with van der Waals surface area (Å²) in [5.74, 6) is 0. The van der Waals surface area contributed by atoms with E-state index >= 15 is 0 Å². The molecule has 0 spiro atoms. The first-order chi connectivity index (χ1) is 5.20. The van der Waals surface area contributed by atoms with Crippen molar-refractivity contribution in [3.63, 3.8) is 0 Å². The Labute approximate surface area is 79.0 Å². The predicted molar refractivity (Wildman–Crippen MR) is 55.3 cm³/mol. The van der Waals surface area contributed by atoms with E-state index in [2.05, 4.69) is 29.5 Å². The summed E-state index contributed by atoms with van der Waals surface area (Å²) in [6.45, 7) is 4.36. The number of likely N-dealkylation sites (N-methyl/N-ethyl adjacent to an activating group) is 1. The Kier molecular flexibility index (Phi) is 3.62. The van der Waals surface area contributed by atoms with Crippen LogP contribution in [0.3, 0.4) is 0 Å². The summed E-state index contributed by atoms with van der Waals surface area (Å²) in [6.07, 6.45) is 1.19. The minimum Gasteiger partial charge on any atom is -0.356 e. The Hall–Kier alpha value is 0.200. The average Bonchev–Trinajstić information content (AvgIpc) is 2.13. The van der Waals surface area contributed by atoms with Gasteiger partial charge in [0.2, 0.25) is 0 Å². The van der Waals surface area contributed by atoms with Crippen molar-refractivity contribution in [2.24, 2.45) is 0 Å². The van der Waals surface area contributed by atoms with Gasteiger partial charge >= 0.3 is 0 Å². The van der Waals surface area contributed by atoms with E-state index in [1.807, 2.05) is 0 Å². The van der Waals surface area contributed by atoms with Crippen LogP contribution >= 0.6 is 24.8 Å². The van der Waals surface area contributed by atoms with Crippen LogP contribution in [0.2, 0.25) is 0 Å². The molecule has 64 valence electrons. The highest BCUT2D eigenvalue weighted by Crippen LogP contribution is 2.03. The van der Waals surface area contributed by atoms with Crippen LogP contribution in [-0.4, -0.2) is 47.3 Å². The van der Waals surface area contributed by atoms with E-state index in [1.165, 1.54) is 13.0 Å². The molecule has 0 radical (unpaired) electrons. The third-order valence-electron chi connectivity index (χ3n) is 1.99. The van der Waals surface area contributed by atoms with Gasteiger partial charge in [-0.3, -0.25) is 0 Å². The third kappa shape index (κ3) is 2.97. The summed E-state index contributed by atoms with van der Waals surface area (Å²) in [5, 5.41) is 0. The van der Waals surface area contributed by atoms with Gasteiger partial charge < -0.3 is 9.80 Å². The molecule has 11 heavy (non-hydrogen) atoms. The van der Waals surface area contributed by atoms with E-state index in [0.29, 0.717) is 0 Å². The molecule has 0 aromatic carbocycles. The second kappa shape index (κ2) is 4.28. The van der Waals surface area contributed by atoms with Gasteiger partial charge in [-0.1, -0.05) is 12.2 Å². The zero-order valence-electron chi connectivity index (χ0n) is 6.79. The molecule has 0 unspecified atom stereocenters. The molecule has 1 rings (SSSR count). The van der Waals surface area contributed by atoms with Crippen molar-refractivity contribution in [2.45, 2.75) is 6.42 Å². The quantitative estimate of drug-likeness (QED) is 0.447. The number of thiocarbonyl (C=S) groups is 1. The lowest BCUT2D eigenvalue weighted by Crippen LogP contribution is -2.30. The van der Waals surface area contributed by atoms with Gasteiger partial charge in [0, 0.05) is 19.6 Å². The summed E-state index contributed by atoms with van der Waals surface area (Å²) in [7, 11) is 2.14. The maximum Gasteiger partial charge on any atom is 0.133 e. The smallest absolute Gasteiger partial charge is 0.133 e. The highest BCUT2D eigenvalue weighted by atomic mass is 32.1. The maximum absolute atomic E-state index is 4.99. The van der Waals surface area contributed by atoms with Crippen LogP contribution < -0.4 is 0 Å². The zero-order valence-corrected chi connectivity index (χ0v) is 8.50. The molecule has 4 heteroatoms. The fourth-order valence-electron chi connectivity index (χ4n) is 1.24. The van der Waals surface area contributed by atoms with Crippen molar-refractivity contribution in [2.75, 3.05) is 33.2 Å². The van der Waals surface area contributed by atoms with Crippen LogP contribution in [0.25, 0.3) is 0 Å². The van der Waals surface area contributed by atoms with Crippen LogP contribution in [0.4, 0.5) is 0 Å². The van der Waals surface area contributed by atoms with Crippen molar-refractivity contribution in [3.05, 3.63) is 0 Å². The summed E-state index contributed by atoms with van der Waals surface area (Å²) in [4.78, 5) is 4.48. The normalized spacial score (nSPS) is 21.5. The molecule has 0 amide bonds. The largest absolute Gasteiger partial charge is 0.356 e. The SMILES string of the molecule is CN1CCCN(C(=S)S)CC1. The average molecular weight is 190 g/mol. The molecule has 1 aliphatic heterocycles. The van der Waals surface area contributed by atoms with Crippen LogP contribution in [-0.2, 0) is 0 Å². The molecule has 0 aliphatic carbocycles. The molecule has 0 atom stereocenters. The molecular formula is C7H14N2S2. The first-order valence-corrected chi connectivity index (χ1v) is 4.72. The van der Waals surface area contributed by atoms with Gasteiger partial charge in [-0.2, -0.15) is 0 Å². The molecule has 1 aliphatic rings. The maximum atomic E-state index is 4.99. The van der Waals surface area contributed by atoms with E-state index in [9.17, 15) is 0 Å². The fraction of sp³-hybridized carbons (Fsp3) is 0.857. The van der Waals surface area contributed by atoms with Crippen LogP contribution in [0.15, 0.2) is 0 Å². The predicted octanol–water partition coefficient (Wildman–Crippen LogP) is 0.839. The molecule has 1 heterocycles. The van der Waals surface area contributed by atoms with Gasteiger partial charge in [0.25, 0.3) is 0 Å². The van der Waals surface area contributed by atoms with Crippen molar-refractivity contribution in [1.82, 2.24) is 9.80 Å². The first kappa shape index (κ1) is 9.29. The monoisotopic (exact) mass is 190 g/mol. The summed E-state index contributed by atoms with van der Waals surface area (Å²) in [6, 6.07) is 0. The lowest BCUT2D eigenvalue weighted by molar-refractivity contribution is 0.348. The topological polar surface area (TPSA) is 6.48 Å². The molecule has 2 nitrogen and oxygen atoms in total. The Morgan fingerprint density at radius 3 is 2.64 bits per heavy atom. The van der Waals surface area contributed by atoms with E-state index in [4.69, 9.17) is 12.2 Å². The van der Waals surface area contributed by atoms with Crippen molar-refractivity contribution in [3.8, 4) is 0 Å². The minimum atomic E-state index is 0.736. The second-order valence-corrected chi connectivity index (χ2v) is 4.04. The van der Waals surface area contributed by atoms with Gasteiger partial charge in [0.15, 0.2) is 0 Å². The summed E-state index contributed by atoms with van der Waals surface area (Å²) >= 11 is 9.14. The van der Waals surface area contributed by atoms with Gasteiger partial charge in [0.1, 0.15) is 4.32 Å². The third-order valence-corrected chi connectivity index (χ3v) is 2.53. The molecule has 0 bridgehead atoms. The Morgan fingerprint density at radius 1 is 1.27 bits per heavy atom. The number of hydrogen-bond acceptors (Lipinski definition) is 2. The van der Waals surface area contributed by atoms with Gasteiger partial charge in [0.05, 0.1) is 0 Å². The molecular weight excluding hydrogens is 176 g/mol. The molecule has 1 saturated heterocycles. The van der Waals surface area contributed by atoms with E-state index in [1.54, 1.807) is 0 Å². The van der Waals surface area contributed by atoms with Crippen LogP contribution in [0.1, 0.15) is 6.42 Å². The van der Waals surface area contributed by atoms with Crippen molar-refractivity contribution < 1.29 is 0 Å². The lowest BCUT2D eigenvalue weighted by atomic mass is 10.4. The van der Waals surface area contributed by atoms with Crippen molar-refractivity contribution in [1.29, 1.82) is 0 Å². The number of nitrogens with zero attached hydrogens (tertiary/aromatic N) is 2. The molecule has 0 aromatic heterocycles. The number of thiol groups is 1. The fourth-order valence-corrected chi connectivity index (χ4v) is 1.62. The highest BCUT2D eigenvalue weighted by molar-refractivity contribution is 8.10. The Morgan fingerprint density at radius 2 is 2.00 bits per heavy atom. The summed E-state index contributed by atoms with van der Waals surface area (Å²) < 4.78 is 0.736. The number of rotatable bonds is 0. The van der Waals surface area contributed by atoms with Gasteiger partial charge in [-0.05, 0) is 20.0 Å². The first-order valence-electron chi connectivity index (χ1n) is 3.86. The van der Waals surface area contributed by atoms with E-state index in [0.717, 1.165) is 24.0 Å². The van der Waals surface area contributed by atoms with E-state index in [-0.39, 0.29) is 0 Å². The van der Waals surface area contributed by atoms with Gasteiger partial charge in [-0.25, -0.2) is 0 Å². The standard InChI is InChI=1S/C7H14N2S2/c1-8-3-2-4-9(6-5-8)7(10)11/h2-6H2,1H3,(H,10,11). The number of hydrogen-bond donors (Lipinski definition) is 1. The van der Waals surface area contributed by atoms with Gasteiger partial charge in [-0.15, -0.1) is 12.6 Å². The molecule has 1 fully saturated rings. The molecule has 0 saturated carbocycles. The minimum absolute atomic E-state index is 0.736. The lowest BCUT2D eigenvalue weighted by Gasteiger charge is -2.19. The van der Waals surface area contributed by atoms with Crippen molar-refractivity contribution >= 4 is 29.2 Å². The summed E-state index contributed by atoms with van der Waals surface area (Å²) in [5.41, 5.74) is 0. The molecule has 0 N–H and O–H groups in total. The van der Waals surface area contributed by atoms with Crippen LogP contribution in [0, 0.1) is 0 Å². The second-order valence-electron chi connectivity index (χ2n) is 2.93. The Balaban J connectivity index is 2.40. The Bertz CT molecular complexity index is 149. The van der Waals surface area contributed by atoms with Crippen LogP contribution in [0.5, 0.6) is 0 Å².